The molecule has 5 nitrogen and oxygen atoms in total. The number of pyridine rings is 1. The van der Waals surface area contributed by atoms with Crippen molar-refractivity contribution in [2.75, 3.05) is 0 Å². The Morgan fingerprint density at radius 1 is 1.47 bits per heavy atom. The van der Waals surface area contributed by atoms with Crippen LogP contribution in [0.3, 0.4) is 0 Å². The maximum Gasteiger partial charge on any atom is 0.574 e. The van der Waals surface area contributed by atoms with Crippen LogP contribution in [0.2, 0.25) is 0 Å². The third-order valence-corrected chi connectivity index (χ3v) is 3.69. The number of hydrogen-bond acceptors (Lipinski definition) is 4. The molecule has 1 aromatic rings. The normalized spacial score (nSPS) is 12.6. The summed E-state index contributed by atoms with van der Waals surface area (Å²) in [5.74, 6) is -0.864. The second-order valence-corrected chi connectivity index (χ2v) is 5.60. The molecule has 0 spiro atoms. The number of nitrogens with two attached hydrogens (primary N) is 1. The van der Waals surface area contributed by atoms with Crippen molar-refractivity contribution in [2.24, 2.45) is 5.14 Å². The molecule has 0 amide bonds. The summed E-state index contributed by atoms with van der Waals surface area (Å²) < 4.78 is 61.9. The van der Waals surface area contributed by atoms with Gasteiger partial charge in [0.25, 0.3) is 10.0 Å². The van der Waals surface area contributed by atoms with Crippen LogP contribution < -0.4 is 9.88 Å². The summed E-state index contributed by atoms with van der Waals surface area (Å²) in [6.45, 7) is 1.38. The molecule has 0 aliphatic heterocycles. The van der Waals surface area contributed by atoms with E-state index in [-0.39, 0.29) is 9.13 Å². The van der Waals surface area contributed by atoms with Crippen LogP contribution in [-0.2, 0) is 10.0 Å². The second kappa shape index (κ2) is 4.57. The number of hydrogen-bond donors (Lipinski definition) is 1. The van der Waals surface area contributed by atoms with Gasteiger partial charge < -0.3 is 4.74 Å². The monoisotopic (exact) mass is 382 g/mol. The van der Waals surface area contributed by atoms with Crippen LogP contribution in [0.25, 0.3) is 0 Å². The highest BCUT2D eigenvalue weighted by Gasteiger charge is 2.32. The lowest BCUT2D eigenvalue weighted by atomic mass is 10.3. The Labute approximate surface area is 108 Å². The van der Waals surface area contributed by atoms with E-state index in [2.05, 4.69) is 9.72 Å². The Kier molecular flexibility index (Phi) is 3.88. The molecule has 1 rings (SSSR count). The molecule has 17 heavy (non-hydrogen) atoms. The molecular formula is C7H6F3IN2O3S. The van der Waals surface area contributed by atoms with Gasteiger partial charge in [0.15, 0.2) is 5.03 Å². The van der Waals surface area contributed by atoms with Crippen molar-refractivity contribution in [3.63, 3.8) is 0 Å². The molecule has 0 bridgehead atoms. The average molecular weight is 382 g/mol. The van der Waals surface area contributed by atoms with E-state index in [0.29, 0.717) is 0 Å². The Bertz CT molecular complexity index is 544. The molecule has 0 radical (unpaired) electrons. The highest BCUT2D eigenvalue weighted by Crippen LogP contribution is 2.26. The Balaban J connectivity index is 3.35. The van der Waals surface area contributed by atoms with Crippen LogP contribution in [0.15, 0.2) is 11.1 Å². The molecule has 0 atom stereocenters. The molecule has 0 aromatic carbocycles. The van der Waals surface area contributed by atoms with Crippen molar-refractivity contribution in [3.8, 4) is 5.88 Å². The lowest BCUT2D eigenvalue weighted by Crippen LogP contribution is -2.21. The highest BCUT2D eigenvalue weighted by molar-refractivity contribution is 14.1. The highest BCUT2D eigenvalue weighted by atomic mass is 127. The van der Waals surface area contributed by atoms with Gasteiger partial charge in [0, 0.05) is 15.2 Å². The van der Waals surface area contributed by atoms with Gasteiger partial charge in [-0.1, -0.05) is 0 Å². The van der Waals surface area contributed by atoms with Crippen molar-refractivity contribution in [1.82, 2.24) is 4.98 Å². The molecule has 0 aliphatic rings. The van der Waals surface area contributed by atoms with Crippen molar-refractivity contribution in [1.29, 1.82) is 0 Å². The van der Waals surface area contributed by atoms with Crippen LogP contribution in [0.1, 0.15) is 5.56 Å². The minimum atomic E-state index is -4.94. The predicted octanol–water partition coefficient (Wildman–Crippen LogP) is 1.54. The van der Waals surface area contributed by atoms with E-state index in [1.807, 2.05) is 0 Å². The molecule has 96 valence electrons. The number of ether oxygens (including phenoxy) is 1. The van der Waals surface area contributed by atoms with Gasteiger partial charge in [-0.2, -0.15) is 4.98 Å². The Morgan fingerprint density at radius 2 is 2.00 bits per heavy atom. The molecule has 0 saturated heterocycles. The quantitative estimate of drug-likeness (QED) is 0.787. The van der Waals surface area contributed by atoms with Crippen molar-refractivity contribution < 1.29 is 26.3 Å². The largest absolute Gasteiger partial charge is 0.574 e. The topological polar surface area (TPSA) is 82.3 Å². The number of primary sulfonamides is 1. The first-order valence-electron chi connectivity index (χ1n) is 3.96. The van der Waals surface area contributed by atoms with Gasteiger partial charge in [-0.25, -0.2) is 13.6 Å². The summed E-state index contributed by atoms with van der Waals surface area (Å²) >= 11 is 1.66. The number of aromatic nitrogens is 1. The zero-order valence-electron chi connectivity index (χ0n) is 8.25. The fourth-order valence-electron chi connectivity index (χ4n) is 0.983. The summed E-state index contributed by atoms with van der Waals surface area (Å²) in [6, 6.07) is 0.970. The number of rotatable bonds is 2. The molecule has 0 fully saturated rings. The van der Waals surface area contributed by atoms with E-state index >= 15 is 0 Å². The lowest BCUT2D eigenvalue weighted by Gasteiger charge is -2.11. The summed E-state index contributed by atoms with van der Waals surface area (Å²) in [5.41, 5.74) is 0.169. The molecular weight excluding hydrogens is 376 g/mol. The van der Waals surface area contributed by atoms with E-state index < -0.39 is 27.3 Å². The van der Waals surface area contributed by atoms with Crippen LogP contribution in [0.5, 0.6) is 5.88 Å². The standard InChI is InChI=1S/C7H6F3IN2O3S/c1-3-4(11)2-5(16-7(8,9)10)13-6(3)17(12,14)15/h2H,1H3,(H2,12,14,15). The minimum absolute atomic E-state index is 0.169. The smallest absolute Gasteiger partial charge is 0.388 e. The Hall–Kier alpha value is -0.620. The first-order valence-corrected chi connectivity index (χ1v) is 6.59. The number of halogens is 4. The van der Waals surface area contributed by atoms with E-state index in [0.717, 1.165) is 6.07 Å². The molecule has 10 heteroatoms. The molecule has 1 heterocycles. The van der Waals surface area contributed by atoms with Crippen LogP contribution in [-0.4, -0.2) is 19.8 Å². The van der Waals surface area contributed by atoms with Crippen LogP contribution >= 0.6 is 22.6 Å². The van der Waals surface area contributed by atoms with Crippen molar-refractivity contribution in [2.45, 2.75) is 18.3 Å². The van der Waals surface area contributed by atoms with E-state index in [4.69, 9.17) is 5.14 Å². The SMILES string of the molecule is Cc1c(I)cc(OC(F)(F)F)nc1S(N)(=O)=O. The van der Waals surface area contributed by atoms with Gasteiger partial charge >= 0.3 is 6.36 Å². The summed E-state index contributed by atoms with van der Waals surface area (Å²) in [5, 5.41) is 4.19. The minimum Gasteiger partial charge on any atom is -0.388 e. The van der Waals surface area contributed by atoms with Gasteiger partial charge in [-0.15, -0.1) is 13.2 Å². The van der Waals surface area contributed by atoms with Crippen LogP contribution in [0.4, 0.5) is 13.2 Å². The summed E-state index contributed by atoms with van der Waals surface area (Å²) in [4.78, 5) is 3.23. The van der Waals surface area contributed by atoms with E-state index in [9.17, 15) is 21.6 Å². The van der Waals surface area contributed by atoms with Gasteiger partial charge in [0.1, 0.15) is 0 Å². The van der Waals surface area contributed by atoms with E-state index in [1.165, 1.54) is 6.92 Å². The fourth-order valence-corrected chi connectivity index (χ4v) is 2.44. The van der Waals surface area contributed by atoms with Gasteiger partial charge in [0.05, 0.1) is 0 Å². The van der Waals surface area contributed by atoms with Crippen molar-refractivity contribution >= 4 is 32.6 Å². The van der Waals surface area contributed by atoms with Crippen LogP contribution in [0, 0.1) is 10.5 Å². The second-order valence-electron chi connectivity index (χ2n) is 2.97. The summed E-state index contributed by atoms with van der Waals surface area (Å²) in [6.07, 6.45) is -4.94. The first-order chi connectivity index (χ1) is 7.50. The van der Waals surface area contributed by atoms with E-state index in [1.54, 1.807) is 22.6 Å². The first kappa shape index (κ1) is 14.4. The Morgan fingerprint density at radius 3 is 2.41 bits per heavy atom. The van der Waals surface area contributed by atoms with Crippen molar-refractivity contribution in [3.05, 3.63) is 15.2 Å². The third-order valence-electron chi connectivity index (χ3n) is 1.63. The number of nitrogens with zero attached hydrogens (tertiary/aromatic N) is 1. The zero-order valence-corrected chi connectivity index (χ0v) is 11.2. The number of alkyl halides is 3. The lowest BCUT2D eigenvalue weighted by molar-refractivity contribution is -0.276. The predicted molar refractivity (Wildman–Crippen MR) is 59.7 cm³/mol. The van der Waals surface area contributed by atoms with Gasteiger partial charge in [-0.3, -0.25) is 0 Å². The zero-order chi connectivity index (χ0) is 13.4. The average Bonchev–Trinajstić information content (AvgIpc) is 2.06. The molecule has 0 saturated carbocycles. The fraction of sp³-hybridized carbons (Fsp3) is 0.286. The number of sulfonamides is 1. The molecule has 0 unspecified atom stereocenters. The maximum absolute atomic E-state index is 12.0. The maximum atomic E-state index is 12.0. The molecule has 1 aromatic heterocycles. The third kappa shape index (κ3) is 3.96. The molecule has 2 N–H and O–H groups in total. The summed E-state index contributed by atoms with van der Waals surface area (Å²) in [7, 11) is -4.20. The molecule has 0 aliphatic carbocycles. The van der Waals surface area contributed by atoms with Gasteiger partial charge in [0.2, 0.25) is 5.88 Å². The van der Waals surface area contributed by atoms with Gasteiger partial charge in [-0.05, 0) is 29.5 Å².